The van der Waals surface area contributed by atoms with Crippen molar-refractivity contribution in [3.05, 3.63) is 35.4 Å². The monoisotopic (exact) mass is 239 g/mol. The first-order valence-electron chi connectivity index (χ1n) is 5.66. The molecule has 90 valence electrons. The van der Waals surface area contributed by atoms with Crippen LogP contribution in [0.4, 0.5) is 0 Å². The van der Waals surface area contributed by atoms with Crippen LogP contribution in [0.25, 0.3) is 0 Å². The maximum atomic E-state index is 11.9. The highest BCUT2D eigenvalue weighted by atomic mass is 32.2. The Balaban J connectivity index is 2.83. The minimum atomic E-state index is -0.773. The Morgan fingerprint density at radius 3 is 2.44 bits per heavy atom. The first-order chi connectivity index (χ1) is 7.56. The molecule has 3 heteroatoms. The molecule has 0 fully saturated rings. The van der Waals surface area contributed by atoms with Crippen molar-refractivity contribution in [2.45, 2.75) is 32.1 Å². The Labute approximate surface area is 101 Å². The van der Waals surface area contributed by atoms with Crippen molar-refractivity contribution in [1.29, 1.82) is 0 Å². The first kappa shape index (κ1) is 13.4. The molecule has 2 atom stereocenters. The summed E-state index contributed by atoms with van der Waals surface area (Å²) in [5, 5.41) is 3.47. The summed E-state index contributed by atoms with van der Waals surface area (Å²) in [6.45, 7) is 6.10. The van der Waals surface area contributed by atoms with Gasteiger partial charge >= 0.3 is 0 Å². The van der Waals surface area contributed by atoms with Crippen molar-refractivity contribution in [2.24, 2.45) is 0 Å². The molecule has 0 radical (unpaired) electrons. The highest BCUT2D eigenvalue weighted by molar-refractivity contribution is 7.85. The lowest BCUT2D eigenvalue weighted by Crippen LogP contribution is -2.26. The Hall–Kier alpha value is -0.670. The second kappa shape index (κ2) is 6.16. The van der Waals surface area contributed by atoms with Crippen LogP contribution in [0.3, 0.4) is 0 Å². The van der Waals surface area contributed by atoms with Crippen LogP contribution in [0.15, 0.2) is 24.3 Å². The second-order valence-electron chi connectivity index (χ2n) is 4.29. The van der Waals surface area contributed by atoms with E-state index < -0.39 is 10.8 Å². The fourth-order valence-corrected chi connectivity index (χ4v) is 2.72. The van der Waals surface area contributed by atoms with Crippen molar-refractivity contribution in [1.82, 2.24) is 5.32 Å². The van der Waals surface area contributed by atoms with Gasteiger partial charge in [0.15, 0.2) is 0 Å². The Morgan fingerprint density at radius 1 is 1.31 bits per heavy atom. The van der Waals surface area contributed by atoms with Gasteiger partial charge in [0.25, 0.3) is 0 Å². The average Bonchev–Trinajstić information content (AvgIpc) is 2.26. The molecule has 0 aromatic heterocycles. The topological polar surface area (TPSA) is 29.1 Å². The fraction of sp³-hybridized carbons (Fsp3) is 0.538. The molecule has 0 saturated heterocycles. The Bertz CT molecular complexity index is 363. The molecule has 0 saturated carbocycles. The van der Waals surface area contributed by atoms with Crippen LogP contribution in [0.5, 0.6) is 0 Å². The number of rotatable bonds is 5. The highest BCUT2D eigenvalue weighted by Gasteiger charge is 2.16. The van der Waals surface area contributed by atoms with Crippen LogP contribution in [-0.2, 0) is 10.8 Å². The van der Waals surface area contributed by atoms with Crippen LogP contribution >= 0.6 is 0 Å². The van der Waals surface area contributed by atoms with E-state index in [0.717, 1.165) is 0 Å². The molecule has 0 bridgehead atoms. The van der Waals surface area contributed by atoms with E-state index in [9.17, 15) is 4.21 Å². The predicted molar refractivity (Wildman–Crippen MR) is 71.1 cm³/mol. The normalized spacial score (nSPS) is 15.1. The van der Waals surface area contributed by atoms with E-state index in [-0.39, 0.29) is 11.3 Å². The zero-order valence-electron chi connectivity index (χ0n) is 10.5. The van der Waals surface area contributed by atoms with Gasteiger partial charge in [-0.2, -0.15) is 0 Å². The van der Waals surface area contributed by atoms with Gasteiger partial charge in [-0.25, -0.2) is 0 Å². The number of hydrogen-bond donors (Lipinski definition) is 1. The molecular formula is C13H21NOS. The van der Waals surface area contributed by atoms with E-state index in [1.54, 1.807) is 0 Å². The van der Waals surface area contributed by atoms with Gasteiger partial charge in [0.1, 0.15) is 0 Å². The summed E-state index contributed by atoms with van der Waals surface area (Å²) < 4.78 is 11.9. The quantitative estimate of drug-likeness (QED) is 0.855. The minimum Gasteiger partial charge on any atom is -0.312 e. The number of aryl methyl sites for hydroxylation is 1. The van der Waals surface area contributed by atoms with E-state index in [2.05, 4.69) is 24.4 Å². The SMILES string of the molecule is CNC(CS(=O)C(C)C)c1ccccc1C. The Morgan fingerprint density at radius 2 is 1.94 bits per heavy atom. The van der Waals surface area contributed by atoms with Gasteiger partial charge < -0.3 is 5.32 Å². The molecule has 2 unspecified atom stereocenters. The molecule has 0 heterocycles. The summed E-state index contributed by atoms with van der Waals surface area (Å²) in [5.74, 6) is 0.680. The third-order valence-electron chi connectivity index (χ3n) is 2.77. The lowest BCUT2D eigenvalue weighted by atomic mass is 10.0. The minimum absolute atomic E-state index is 0.185. The maximum Gasteiger partial charge on any atom is 0.0437 e. The van der Waals surface area contributed by atoms with Crippen molar-refractivity contribution in [3.63, 3.8) is 0 Å². The smallest absolute Gasteiger partial charge is 0.0437 e. The molecule has 0 aliphatic heterocycles. The van der Waals surface area contributed by atoms with Crippen LogP contribution < -0.4 is 5.32 Å². The molecule has 1 N–H and O–H groups in total. The molecule has 0 aliphatic rings. The Kier molecular flexibility index (Phi) is 5.16. The predicted octanol–water partition coefficient (Wildman–Crippen LogP) is 2.41. The summed E-state index contributed by atoms with van der Waals surface area (Å²) in [6.07, 6.45) is 0. The van der Waals surface area contributed by atoms with Crippen LogP contribution in [-0.4, -0.2) is 22.3 Å². The standard InChI is InChI=1S/C13H21NOS/c1-10(2)16(15)9-13(14-4)12-8-6-5-7-11(12)3/h5-8,10,13-14H,9H2,1-4H3. The highest BCUT2D eigenvalue weighted by Crippen LogP contribution is 2.18. The van der Waals surface area contributed by atoms with Gasteiger partial charge in [0, 0.05) is 27.8 Å². The number of hydrogen-bond acceptors (Lipinski definition) is 2. The van der Waals surface area contributed by atoms with E-state index >= 15 is 0 Å². The van der Waals surface area contributed by atoms with E-state index in [1.807, 2.05) is 33.0 Å². The molecule has 1 aromatic carbocycles. The fourth-order valence-electron chi connectivity index (χ4n) is 1.66. The maximum absolute atomic E-state index is 11.9. The van der Waals surface area contributed by atoms with Crippen LogP contribution in [0.1, 0.15) is 31.0 Å². The van der Waals surface area contributed by atoms with Crippen molar-refractivity contribution < 1.29 is 4.21 Å². The molecule has 2 nitrogen and oxygen atoms in total. The average molecular weight is 239 g/mol. The van der Waals surface area contributed by atoms with Gasteiger partial charge in [0.2, 0.25) is 0 Å². The number of nitrogens with one attached hydrogen (secondary N) is 1. The molecule has 1 rings (SSSR count). The van der Waals surface area contributed by atoms with Gasteiger partial charge in [-0.05, 0) is 25.1 Å². The van der Waals surface area contributed by atoms with Gasteiger partial charge in [-0.15, -0.1) is 0 Å². The molecule has 0 spiro atoms. The lowest BCUT2D eigenvalue weighted by molar-refractivity contribution is 0.629. The van der Waals surface area contributed by atoms with Gasteiger partial charge in [-0.3, -0.25) is 4.21 Å². The first-order valence-corrected chi connectivity index (χ1v) is 7.04. The van der Waals surface area contributed by atoms with Crippen molar-refractivity contribution in [2.75, 3.05) is 12.8 Å². The molecular weight excluding hydrogens is 218 g/mol. The molecule has 0 amide bonds. The zero-order chi connectivity index (χ0) is 12.1. The second-order valence-corrected chi connectivity index (χ2v) is 6.33. The van der Waals surface area contributed by atoms with Crippen molar-refractivity contribution in [3.8, 4) is 0 Å². The third kappa shape index (κ3) is 3.42. The van der Waals surface area contributed by atoms with Crippen molar-refractivity contribution >= 4 is 10.8 Å². The van der Waals surface area contributed by atoms with Crippen LogP contribution in [0, 0.1) is 6.92 Å². The van der Waals surface area contributed by atoms with E-state index in [4.69, 9.17) is 0 Å². The lowest BCUT2D eigenvalue weighted by Gasteiger charge is -2.19. The van der Waals surface area contributed by atoms with E-state index in [0.29, 0.717) is 5.75 Å². The largest absolute Gasteiger partial charge is 0.312 e. The molecule has 0 aliphatic carbocycles. The molecule has 16 heavy (non-hydrogen) atoms. The third-order valence-corrected chi connectivity index (χ3v) is 4.48. The summed E-state index contributed by atoms with van der Waals surface area (Å²) >= 11 is 0. The summed E-state index contributed by atoms with van der Waals surface area (Å²) in [7, 11) is 1.15. The van der Waals surface area contributed by atoms with Gasteiger partial charge in [-0.1, -0.05) is 38.1 Å². The summed E-state index contributed by atoms with van der Waals surface area (Å²) in [4.78, 5) is 0. The summed E-state index contributed by atoms with van der Waals surface area (Å²) in [6, 6.07) is 8.45. The van der Waals surface area contributed by atoms with Crippen LogP contribution in [0.2, 0.25) is 0 Å². The number of benzene rings is 1. The van der Waals surface area contributed by atoms with Gasteiger partial charge in [0.05, 0.1) is 0 Å². The summed E-state index contributed by atoms with van der Waals surface area (Å²) in [5.41, 5.74) is 2.50. The molecule has 1 aromatic rings. The van der Waals surface area contributed by atoms with E-state index in [1.165, 1.54) is 11.1 Å². The zero-order valence-corrected chi connectivity index (χ0v) is 11.3.